The van der Waals surface area contributed by atoms with Gasteiger partial charge in [-0.15, -0.1) is 0 Å². The van der Waals surface area contributed by atoms with Crippen LogP contribution in [-0.4, -0.2) is 60.9 Å². The molecule has 1 amide bonds. The van der Waals surface area contributed by atoms with E-state index in [0.717, 1.165) is 0 Å². The van der Waals surface area contributed by atoms with Crippen molar-refractivity contribution in [2.45, 2.75) is 31.0 Å². The fourth-order valence-corrected chi connectivity index (χ4v) is 1.77. The number of aromatic nitrogens is 3. The van der Waals surface area contributed by atoms with Crippen molar-refractivity contribution in [2.24, 2.45) is 5.73 Å². The molecule has 0 aliphatic carbocycles. The first-order valence-electron chi connectivity index (χ1n) is 5.33. The number of ether oxygens (including phenoxy) is 1. The summed E-state index contributed by atoms with van der Waals surface area (Å²) in [6, 6.07) is 0. The van der Waals surface area contributed by atoms with E-state index in [0.29, 0.717) is 0 Å². The van der Waals surface area contributed by atoms with E-state index in [4.69, 9.17) is 15.6 Å². The van der Waals surface area contributed by atoms with E-state index in [1.165, 1.54) is 11.0 Å². The van der Waals surface area contributed by atoms with Crippen molar-refractivity contribution in [1.29, 1.82) is 0 Å². The van der Waals surface area contributed by atoms with Crippen LogP contribution in [0.4, 0.5) is 0 Å². The molecule has 18 heavy (non-hydrogen) atoms. The second kappa shape index (κ2) is 4.98. The first-order chi connectivity index (χ1) is 8.52. The van der Waals surface area contributed by atoms with Crippen LogP contribution < -0.4 is 5.73 Å². The highest BCUT2D eigenvalue weighted by atomic mass is 16.6. The van der Waals surface area contributed by atoms with Crippen LogP contribution in [0.3, 0.4) is 0 Å². The van der Waals surface area contributed by atoms with Gasteiger partial charge in [0.2, 0.25) is 5.91 Å². The molecule has 0 aromatic carbocycles. The van der Waals surface area contributed by atoms with Gasteiger partial charge in [-0.2, -0.15) is 5.10 Å². The van der Waals surface area contributed by atoms with Crippen molar-refractivity contribution >= 4 is 5.91 Å². The summed E-state index contributed by atoms with van der Waals surface area (Å²) >= 11 is 0. The van der Waals surface area contributed by atoms with Crippen molar-refractivity contribution < 1.29 is 24.9 Å². The molecule has 0 spiro atoms. The van der Waals surface area contributed by atoms with Gasteiger partial charge in [-0.1, -0.05) is 0 Å². The number of nitrogens with zero attached hydrogens (tertiary/aromatic N) is 3. The zero-order valence-electron chi connectivity index (χ0n) is 9.38. The summed E-state index contributed by atoms with van der Waals surface area (Å²) in [5, 5.41) is 32.2. The van der Waals surface area contributed by atoms with Gasteiger partial charge in [0.05, 0.1) is 13.0 Å². The zero-order valence-corrected chi connectivity index (χ0v) is 9.38. The molecule has 0 unspecified atom stereocenters. The van der Waals surface area contributed by atoms with Crippen LogP contribution >= 0.6 is 0 Å². The number of nitrogens with two attached hydrogens (primary N) is 1. The Labute approximate surface area is 102 Å². The lowest BCUT2D eigenvalue weighted by molar-refractivity contribution is -0.117. The Hall–Kier alpha value is -1.55. The van der Waals surface area contributed by atoms with E-state index in [2.05, 4.69) is 10.1 Å². The molecule has 2 rings (SSSR count). The average molecular weight is 258 g/mol. The van der Waals surface area contributed by atoms with Gasteiger partial charge in [0, 0.05) is 0 Å². The second-order valence-electron chi connectivity index (χ2n) is 4.01. The van der Waals surface area contributed by atoms with Gasteiger partial charge in [-0.05, 0) is 0 Å². The lowest BCUT2D eigenvalue weighted by Crippen LogP contribution is -2.33. The highest BCUT2D eigenvalue weighted by molar-refractivity contribution is 5.75. The quantitative estimate of drug-likeness (QED) is 0.448. The molecular formula is C9H14N4O5. The average Bonchev–Trinajstić information content (AvgIpc) is 2.86. The van der Waals surface area contributed by atoms with Crippen molar-refractivity contribution in [3.63, 3.8) is 0 Å². The fraction of sp³-hybridized carbons (Fsp3) is 0.667. The summed E-state index contributed by atoms with van der Waals surface area (Å²) in [5.41, 5.74) is 5.00. The number of hydrogen-bond donors (Lipinski definition) is 4. The maximum Gasteiger partial charge on any atom is 0.225 e. The molecule has 1 aliphatic rings. The highest BCUT2D eigenvalue weighted by Crippen LogP contribution is 2.28. The Morgan fingerprint density at radius 2 is 2.22 bits per heavy atom. The zero-order chi connectivity index (χ0) is 13.3. The molecule has 0 radical (unpaired) electrons. The Morgan fingerprint density at radius 1 is 1.50 bits per heavy atom. The molecule has 1 aromatic rings. The van der Waals surface area contributed by atoms with Crippen LogP contribution in [0.1, 0.15) is 12.1 Å². The molecule has 1 aliphatic heterocycles. The predicted octanol–water partition coefficient (Wildman–Crippen LogP) is -3.08. The second-order valence-corrected chi connectivity index (χ2v) is 4.01. The molecule has 5 N–H and O–H groups in total. The summed E-state index contributed by atoms with van der Waals surface area (Å²) < 4.78 is 6.42. The molecule has 0 bridgehead atoms. The summed E-state index contributed by atoms with van der Waals surface area (Å²) in [6.07, 6.45) is -3.13. The van der Waals surface area contributed by atoms with Crippen LogP contribution in [0, 0.1) is 0 Å². The number of primary amides is 1. The van der Waals surface area contributed by atoms with E-state index in [1.807, 2.05) is 0 Å². The van der Waals surface area contributed by atoms with Gasteiger partial charge in [0.1, 0.15) is 24.6 Å². The van der Waals surface area contributed by atoms with Crippen LogP contribution in [0.5, 0.6) is 0 Å². The van der Waals surface area contributed by atoms with Crippen molar-refractivity contribution in [3.05, 3.63) is 12.2 Å². The van der Waals surface area contributed by atoms with Crippen LogP contribution in [0.2, 0.25) is 0 Å². The minimum absolute atomic E-state index is 0.123. The predicted molar refractivity (Wildman–Crippen MR) is 55.9 cm³/mol. The maximum absolute atomic E-state index is 10.7. The molecule has 2 heterocycles. The standard InChI is InChI=1S/C9H14N4O5/c10-5(15)1-6-11-3-13(12-6)9-8(17)7(16)4(2-14)18-9/h3-4,7-9,14,16-17H,1-2H2,(H2,10,15)/t4-,7-,8-,9+/m1/s1. The summed E-state index contributed by atoms with van der Waals surface area (Å²) in [5.74, 6) is -0.380. The normalized spacial score (nSPS) is 31.7. The van der Waals surface area contributed by atoms with E-state index < -0.39 is 37.1 Å². The molecule has 0 saturated carbocycles. The highest BCUT2D eigenvalue weighted by Gasteiger charge is 2.43. The number of carbonyl (C=O) groups is 1. The Morgan fingerprint density at radius 3 is 2.78 bits per heavy atom. The first-order valence-corrected chi connectivity index (χ1v) is 5.33. The molecule has 9 nitrogen and oxygen atoms in total. The van der Waals surface area contributed by atoms with Crippen LogP contribution in [0.25, 0.3) is 0 Å². The lowest BCUT2D eigenvalue weighted by atomic mass is 10.1. The van der Waals surface area contributed by atoms with Crippen LogP contribution in [0.15, 0.2) is 6.33 Å². The fourth-order valence-electron chi connectivity index (χ4n) is 1.77. The number of hydrogen-bond acceptors (Lipinski definition) is 7. The van der Waals surface area contributed by atoms with E-state index in [1.54, 1.807) is 0 Å². The van der Waals surface area contributed by atoms with E-state index in [9.17, 15) is 15.0 Å². The lowest BCUT2D eigenvalue weighted by Gasteiger charge is -2.13. The van der Waals surface area contributed by atoms with Gasteiger partial charge in [0.25, 0.3) is 0 Å². The first kappa shape index (κ1) is 12.9. The smallest absolute Gasteiger partial charge is 0.225 e. The Balaban J connectivity index is 2.12. The molecule has 100 valence electrons. The third kappa shape index (κ3) is 2.34. The minimum atomic E-state index is -1.23. The molecule has 1 fully saturated rings. The Kier molecular flexibility index (Phi) is 3.57. The van der Waals surface area contributed by atoms with Crippen molar-refractivity contribution in [2.75, 3.05) is 6.61 Å². The van der Waals surface area contributed by atoms with Gasteiger partial charge in [-0.3, -0.25) is 4.79 Å². The third-order valence-electron chi connectivity index (χ3n) is 2.67. The van der Waals surface area contributed by atoms with E-state index in [-0.39, 0.29) is 12.2 Å². The number of carbonyl (C=O) groups excluding carboxylic acids is 1. The SMILES string of the molecule is NC(=O)Cc1ncn([C@H]2O[C@H](CO)[C@@H](O)[C@H]2O)n1. The summed E-state index contributed by atoms with van der Waals surface area (Å²) in [4.78, 5) is 14.5. The topological polar surface area (TPSA) is 144 Å². The monoisotopic (exact) mass is 258 g/mol. The number of aliphatic hydroxyl groups is 3. The number of amides is 1. The molecular weight excluding hydrogens is 244 g/mol. The van der Waals surface area contributed by atoms with Gasteiger partial charge in [-0.25, -0.2) is 9.67 Å². The number of aliphatic hydroxyl groups excluding tert-OH is 3. The van der Waals surface area contributed by atoms with Crippen molar-refractivity contribution in [1.82, 2.24) is 14.8 Å². The van der Waals surface area contributed by atoms with E-state index >= 15 is 0 Å². The van der Waals surface area contributed by atoms with Crippen LogP contribution in [-0.2, 0) is 16.0 Å². The minimum Gasteiger partial charge on any atom is -0.394 e. The molecule has 4 atom stereocenters. The largest absolute Gasteiger partial charge is 0.394 e. The number of rotatable bonds is 4. The summed E-state index contributed by atoms with van der Waals surface area (Å²) in [6.45, 7) is -0.419. The summed E-state index contributed by atoms with van der Waals surface area (Å²) in [7, 11) is 0. The van der Waals surface area contributed by atoms with Gasteiger partial charge >= 0.3 is 0 Å². The molecule has 9 heteroatoms. The molecule has 1 saturated heterocycles. The third-order valence-corrected chi connectivity index (χ3v) is 2.67. The van der Waals surface area contributed by atoms with Gasteiger partial charge < -0.3 is 25.8 Å². The maximum atomic E-state index is 10.7. The Bertz CT molecular complexity index is 436. The van der Waals surface area contributed by atoms with Crippen molar-refractivity contribution in [3.8, 4) is 0 Å². The molecule has 1 aromatic heterocycles. The van der Waals surface area contributed by atoms with Gasteiger partial charge in [0.15, 0.2) is 12.1 Å².